The first-order valence-electron chi connectivity index (χ1n) is 2.41. The molecule has 0 fully saturated rings. The van der Waals surface area contributed by atoms with E-state index in [0.29, 0.717) is 0 Å². The summed E-state index contributed by atoms with van der Waals surface area (Å²) >= 11 is 0. The molecule has 0 bridgehead atoms. The van der Waals surface area contributed by atoms with Gasteiger partial charge < -0.3 is 0 Å². The van der Waals surface area contributed by atoms with Gasteiger partial charge in [-0.2, -0.15) is 0 Å². The Morgan fingerprint density at radius 1 is 0.727 bits per heavy atom. The Morgan fingerprint density at radius 3 is 1.27 bits per heavy atom. The van der Waals surface area contributed by atoms with Crippen LogP contribution >= 0.6 is 95.9 Å². The van der Waals surface area contributed by atoms with Crippen LogP contribution < -0.4 is 0 Å². The molecule has 0 unspecified atom stereocenters. The highest BCUT2D eigenvalue weighted by molar-refractivity contribution is 14.0. The van der Waals surface area contributed by atoms with Crippen molar-refractivity contribution in [1.82, 2.24) is 0 Å². The minimum atomic E-state index is 0. The monoisotopic (exact) mass is 604 g/mol. The molecule has 1 rings (SSSR count). The molecule has 1 aromatic rings. The summed E-state index contributed by atoms with van der Waals surface area (Å²) in [6.45, 7) is 2.08. The summed E-state index contributed by atoms with van der Waals surface area (Å²) in [4.78, 5) is 0. The fourth-order valence-electron chi connectivity index (χ4n) is 0.534. The van der Waals surface area contributed by atoms with Crippen molar-refractivity contribution in [3.63, 3.8) is 0 Å². The molecule has 0 saturated carbocycles. The Balaban J connectivity index is -0.0000000612. The Kier molecular flexibility index (Phi) is 30.9. The molecule has 0 atom stereocenters. The number of aryl methyl sites for hydroxylation is 1. The average molecular weight is 604 g/mol. The Labute approximate surface area is 136 Å². The molecule has 0 N–H and O–H groups in total. The molecular weight excluding hydrogens is 592 g/mol. The smallest absolute Gasteiger partial charge is 0.0398 e. The molecule has 0 aliphatic heterocycles. The van der Waals surface area contributed by atoms with Gasteiger partial charge in [-0.15, -0.1) is 95.9 Å². The van der Waals surface area contributed by atoms with E-state index in [1.54, 1.807) is 0 Å². The highest BCUT2D eigenvalue weighted by Gasteiger charge is 1.72. The predicted octanol–water partition coefficient (Wildman–Crippen LogP) is 4.47. The maximum Gasteiger partial charge on any atom is -0.0398 e. The molecule has 0 aliphatic carbocycles. The first-order chi connectivity index (χ1) is 3.39. The molecule has 0 spiro atoms. The molecule has 4 heteroatoms. The normalized spacial score (nSPS) is 5.55. The third-order valence-corrected chi connectivity index (χ3v) is 0.940. The van der Waals surface area contributed by atoms with E-state index in [2.05, 4.69) is 19.1 Å². The van der Waals surface area contributed by atoms with Gasteiger partial charge >= 0.3 is 0 Å². The maximum absolute atomic E-state index is 2.08. The fourth-order valence-corrected chi connectivity index (χ4v) is 0.534. The van der Waals surface area contributed by atoms with Crippen LogP contribution in [0.2, 0.25) is 0 Å². The Hall–Kier alpha value is 2.14. The van der Waals surface area contributed by atoms with Crippen LogP contribution in [0.25, 0.3) is 0 Å². The number of rotatable bonds is 0. The zero-order valence-electron chi connectivity index (χ0n) is 6.02. The van der Waals surface area contributed by atoms with Crippen molar-refractivity contribution in [3.05, 3.63) is 35.9 Å². The SMILES string of the molecule is Cc1ccccc1.I.I.I.I. The van der Waals surface area contributed by atoms with Crippen LogP contribution in [0.5, 0.6) is 0 Å². The van der Waals surface area contributed by atoms with E-state index in [1.165, 1.54) is 5.56 Å². The number of hydrogen-bond donors (Lipinski definition) is 0. The summed E-state index contributed by atoms with van der Waals surface area (Å²) in [7, 11) is 0. The molecule has 0 aromatic heterocycles. The molecular formula is C7H12I4. The highest BCUT2D eigenvalue weighted by atomic mass is 127. The lowest BCUT2D eigenvalue weighted by Crippen LogP contribution is -1.62. The third-order valence-electron chi connectivity index (χ3n) is 0.940. The molecule has 0 amide bonds. The molecule has 0 nitrogen and oxygen atoms in total. The summed E-state index contributed by atoms with van der Waals surface area (Å²) < 4.78 is 0. The van der Waals surface area contributed by atoms with Crippen molar-refractivity contribution in [1.29, 1.82) is 0 Å². The lowest BCUT2D eigenvalue weighted by molar-refractivity contribution is 1.48. The summed E-state index contributed by atoms with van der Waals surface area (Å²) in [5.41, 5.74) is 1.32. The van der Waals surface area contributed by atoms with E-state index in [1.807, 2.05) is 18.2 Å². The number of hydrogen-bond acceptors (Lipinski definition) is 0. The van der Waals surface area contributed by atoms with E-state index in [9.17, 15) is 0 Å². The van der Waals surface area contributed by atoms with E-state index in [-0.39, 0.29) is 95.9 Å². The summed E-state index contributed by atoms with van der Waals surface area (Å²) in [5, 5.41) is 0. The first-order valence-corrected chi connectivity index (χ1v) is 2.41. The van der Waals surface area contributed by atoms with Crippen LogP contribution in [-0.2, 0) is 0 Å². The van der Waals surface area contributed by atoms with Crippen molar-refractivity contribution in [2.45, 2.75) is 6.92 Å². The minimum Gasteiger partial charge on any atom is -0.107 e. The predicted molar refractivity (Wildman–Crippen MR) is 92.8 cm³/mol. The van der Waals surface area contributed by atoms with Gasteiger partial charge in [0, 0.05) is 0 Å². The standard InChI is InChI=1S/C7H8.4HI/c1-7-5-3-2-4-6-7;;;;/h2-6H,1H3;4*1H. The van der Waals surface area contributed by atoms with Gasteiger partial charge in [0.1, 0.15) is 0 Å². The second-order valence-electron chi connectivity index (χ2n) is 1.65. The van der Waals surface area contributed by atoms with Crippen LogP contribution in [-0.4, -0.2) is 0 Å². The molecule has 0 saturated heterocycles. The van der Waals surface area contributed by atoms with Crippen molar-refractivity contribution in [2.24, 2.45) is 0 Å². The maximum atomic E-state index is 2.08. The molecule has 0 radical (unpaired) electrons. The van der Waals surface area contributed by atoms with E-state index in [4.69, 9.17) is 0 Å². The summed E-state index contributed by atoms with van der Waals surface area (Å²) in [6, 6.07) is 10.3. The summed E-state index contributed by atoms with van der Waals surface area (Å²) in [6.07, 6.45) is 0. The zero-order chi connectivity index (χ0) is 5.11. The second-order valence-corrected chi connectivity index (χ2v) is 1.65. The molecule has 11 heavy (non-hydrogen) atoms. The van der Waals surface area contributed by atoms with Gasteiger partial charge in [0.05, 0.1) is 0 Å². The van der Waals surface area contributed by atoms with Gasteiger partial charge in [0.25, 0.3) is 0 Å². The zero-order valence-corrected chi connectivity index (χ0v) is 15.3. The van der Waals surface area contributed by atoms with Gasteiger partial charge in [0.15, 0.2) is 0 Å². The lowest BCUT2D eigenvalue weighted by atomic mass is 10.2. The fraction of sp³-hybridized carbons (Fsp3) is 0.143. The molecule has 68 valence electrons. The lowest BCUT2D eigenvalue weighted by Gasteiger charge is -1.82. The molecule has 0 aliphatic rings. The van der Waals surface area contributed by atoms with E-state index in [0.717, 1.165) is 0 Å². The average Bonchev–Trinajstić information content (AvgIpc) is 1.69. The summed E-state index contributed by atoms with van der Waals surface area (Å²) in [5.74, 6) is 0. The van der Waals surface area contributed by atoms with Crippen molar-refractivity contribution >= 4 is 95.9 Å². The van der Waals surface area contributed by atoms with Crippen LogP contribution in [0.4, 0.5) is 0 Å². The van der Waals surface area contributed by atoms with Gasteiger partial charge in [-0.05, 0) is 6.92 Å². The van der Waals surface area contributed by atoms with Gasteiger partial charge in [-0.25, -0.2) is 0 Å². The van der Waals surface area contributed by atoms with Crippen LogP contribution in [0.15, 0.2) is 30.3 Å². The van der Waals surface area contributed by atoms with Crippen molar-refractivity contribution in [2.75, 3.05) is 0 Å². The van der Waals surface area contributed by atoms with Crippen LogP contribution in [0.1, 0.15) is 5.56 Å². The highest BCUT2D eigenvalue weighted by Crippen LogP contribution is 1.92. The second kappa shape index (κ2) is 14.7. The van der Waals surface area contributed by atoms with Gasteiger partial charge in [-0.3, -0.25) is 0 Å². The van der Waals surface area contributed by atoms with E-state index < -0.39 is 0 Å². The minimum absolute atomic E-state index is 0. The van der Waals surface area contributed by atoms with Gasteiger partial charge in [0.2, 0.25) is 0 Å². The van der Waals surface area contributed by atoms with Crippen LogP contribution in [0.3, 0.4) is 0 Å². The van der Waals surface area contributed by atoms with Gasteiger partial charge in [-0.1, -0.05) is 35.9 Å². The Morgan fingerprint density at radius 2 is 1.09 bits per heavy atom. The molecule has 1 aromatic carbocycles. The quantitative estimate of drug-likeness (QED) is 0.384. The largest absolute Gasteiger partial charge is 0.107 e. The van der Waals surface area contributed by atoms with E-state index >= 15 is 0 Å². The van der Waals surface area contributed by atoms with Crippen LogP contribution in [0, 0.1) is 6.92 Å². The van der Waals surface area contributed by atoms with Crippen molar-refractivity contribution in [3.8, 4) is 0 Å². The van der Waals surface area contributed by atoms with Crippen molar-refractivity contribution < 1.29 is 0 Å². The third kappa shape index (κ3) is 12.1. The number of halogens is 4. The first kappa shape index (κ1) is 23.2. The topological polar surface area (TPSA) is 0 Å². The molecule has 0 heterocycles. The number of benzene rings is 1. The Bertz CT molecular complexity index is 140.